The van der Waals surface area contributed by atoms with Crippen LogP contribution in [0.25, 0.3) is 33.2 Å². The van der Waals surface area contributed by atoms with Crippen LogP contribution in [0.2, 0.25) is 0 Å². The number of alkyl carbamates (subject to hydrolysis) is 2. The zero-order valence-corrected chi connectivity index (χ0v) is 34.5. The highest BCUT2D eigenvalue weighted by molar-refractivity contribution is 5.89. The van der Waals surface area contributed by atoms with Crippen LogP contribution in [-0.2, 0) is 19.1 Å². The molecule has 4 amide bonds. The van der Waals surface area contributed by atoms with Gasteiger partial charge < -0.3 is 44.6 Å². The topological polar surface area (TPSA) is 184 Å². The number of hydrogen-bond acceptors (Lipinski definition) is 9. The van der Waals surface area contributed by atoms with E-state index in [1.165, 1.54) is 14.2 Å². The maximum absolute atomic E-state index is 14.0. The molecule has 0 radical (unpaired) electrons. The molecule has 2 aliphatic carbocycles. The highest BCUT2D eigenvalue weighted by Crippen LogP contribution is 2.53. The second-order valence-electron chi connectivity index (χ2n) is 17.1. The van der Waals surface area contributed by atoms with E-state index in [4.69, 9.17) is 24.2 Å². The lowest BCUT2D eigenvalue weighted by Crippen LogP contribution is -2.53. The van der Waals surface area contributed by atoms with Gasteiger partial charge in [0.1, 0.15) is 35.2 Å². The summed E-state index contributed by atoms with van der Waals surface area (Å²) >= 11 is 0. The summed E-state index contributed by atoms with van der Waals surface area (Å²) in [5, 5.41) is 5.47. The number of likely N-dealkylation sites (tertiary alicyclic amines) is 2. The van der Waals surface area contributed by atoms with Gasteiger partial charge in [0.05, 0.1) is 54.4 Å². The molecule has 4 N–H and O–H groups in total. The molecule has 312 valence electrons. The van der Waals surface area contributed by atoms with E-state index in [1.807, 2.05) is 98.2 Å². The molecule has 3 aromatic carbocycles. The zero-order chi connectivity index (χ0) is 42.0. The smallest absolute Gasteiger partial charge is 0.407 e. The van der Waals surface area contributed by atoms with Gasteiger partial charge in [-0.25, -0.2) is 19.6 Å². The van der Waals surface area contributed by atoms with Crippen molar-refractivity contribution in [3.05, 3.63) is 84.5 Å². The third kappa shape index (κ3) is 7.09. The fourth-order valence-electron chi connectivity index (χ4n) is 9.22. The zero-order valence-electron chi connectivity index (χ0n) is 34.5. The number of amides is 4. The summed E-state index contributed by atoms with van der Waals surface area (Å²) in [6, 6.07) is 17.8. The molecule has 15 heteroatoms. The van der Waals surface area contributed by atoms with Crippen molar-refractivity contribution in [1.29, 1.82) is 0 Å². The Morgan fingerprint density at radius 1 is 0.683 bits per heavy atom. The first kappa shape index (κ1) is 39.1. The molecule has 2 saturated heterocycles. The predicted octanol–water partition coefficient (Wildman–Crippen LogP) is 7.15. The normalized spacial score (nSPS) is 23.6. The molecule has 2 aliphatic heterocycles. The minimum atomic E-state index is -0.732. The van der Waals surface area contributed by atoms with Gasteiger partial charge in [-0.3, -0.25) is 9.59 Å². The van der Waals surface area contributed by atoms with Gasteiger partial charge in [-0.1, -0.05) is 58.0 Å². The summed E-state index contributed by atoms with van der Waals surface area (Å²) < 4.78 is 16.0. The van der Waals surface area contributed by atoms with Crippen LogP contribution in [0.15, 0.2) is 72.8 Å². The van der Waals surface area contributed by atoms with Gasteiger partial charge in [-0.05, 0) is 84.5 Å². The first-order valence-electron chi connectivity index (χ1n) is 20.7. The Hall–Kier alpha value is -6.38. The molecule has 0 spiro atoms. The number of rotatable bonds is 11. The van der Waals surface area contributed by atoms with Gasteiger partial charge in [0.2, 0.25) is 11.8 Å². The summed E-state index contributed by atoms with van der Waals surface area (Å²) in [4.78, 5) is 72.7. The van der Waals surface area contributed by atoms with E-state index in [2.05, 4.69) is 32.7 Å². The number of imidazole rings is 2. The van der Waals surface area contributed by atoms with Crippen LogP contribution in [0.5, 0.6) is 11.5 Å². The van der Waals surface area contributed by atoms with Crippen molar-refractivity contribution in [3.63, 3.8) is 0 Å². The maximum atomic E-state index is 14.0. The number of benzene rings is 3. The van der Waals surface area contributed by atoms with Crippen molar-refractivity contribution in [1.82, 2.24) is 40.4 Å². The van der Waals surface area contributed by atoms with Crippen LogP contribution in [0.3, 0.4) is 0 Å². The number of fused-ring (bicyclic) bond motifs is 4. The van der Waals surface area contributed by atoms with Gasteiger partial charge in [0, 0.05) is 18.0 Å². The number of hydrogen-bond donors (Lipinski definition) is 4. The van der Waals surface area contributed by atoms with Crippen molar-refractivity contribution in [2.75, 3.05) is 14.2 Å². The van der Waals surface area contributed by atoms with E-state index in [1.54, 1.807) is 0 Å². The lowest BCUT2D eigenvalue weighted by molar-refractivity contribution is -0.137. The lowest BCUT2D eigenvalue weighted by Gasteiger charge is -2.35. The maximum Gasteiger partial charge on any atom is 0.407 e. The van der Waals surface area contributed by atoms with Crippen molar-refractivity contribution >= 4 is 46.1 Å². The molecule has 5 aromatic rings. The molecule has 15 nitrogen and oxygen atoms in total. The molecule has 2 aromatic heterocycles. The molecule has 1 saturated carbocycles. The number of ether oxygens (including phenoxy) is 3. The second kappa shape index (κ2) is 15.3. The molecular formula is C45H50N8O7. The highest BCUT2D eigenvalue weighted by Gasteiger charge is 2.56. The third-order valence-electron chi connectivity index (χ3n) is 12.5. The number of H-pyrrole nitrogens is 2. The molecule has 9 rings (SSSR count). The SMILES string of the molecule is COC(=O)NC(C(=O)N1C(c2nc3ccc(-c4cccc(Oc5ccc6nc(C7CC8CC8N7C(=O)C(NC(=O)OC)C(C)C)[nH]c6c5)c4)cc3[nH]2)CC2C=CC21)C(C)C. The molecule has 4 heterocycles. The Morgan fingerprint density at radius 3 is 1.88 bits per heavy atom. The van der Waals surface area contributed by atoms with Crippen LogP contribution in [0, 0.1) is 23.7 Å². The minimum Gasteiger partial charge on any atom is -0.457 e. The molecule has 4 aliphatic rings. The Morgan fingerprint density at radius 2 is 1.27 bits per heavy atom. The van der Waals surface area contributed by atoms with E-state index >= 15 is 0 Å². The molecule has 0 bridgehead atoms. The monoisotopic (exact) mass is 814 g/mol. The van der Waals surface area contributed by atoms with E-state index < -0.39 is 24.3 Å². The Bertz CT molecular complexity index is 2530. The number of nitrogens with one attached hydrogen (secondary N) is 4. The van der Waals surface area contributed by atoms with E-state index in [9.17, 15) is 19.2 Å². The summed E-state index contributed by atoms with van der Waals surface area (Å²) in [5.74, 6) is 2.83. The summed E-state index contributed by atoms with van der Waals surface area (Å²) in [6.45, 7) is 7.64. The van der Waals surface area contributed by atoms with Gasteiger partial charge in [0.15, 0.2) is 0 Å². The second-order valence-corrected chi connectivity index (χ2v) is 17.1. The summed E-state index contributed by atoms with van der Waals surface area (Å²) in [6.07, 6.45) is 5.43. The average Bonchev–Trinajstić information content (AvgIpc) is 3.52. The van der Waals surface area contributed by atoms with Gasteiger partial charge in [-0.15, -0.1) is 0 Å². The number of piperidine rings is 1. The first-order valence-corrected chi connectivity index (χ1v) is 20.7. The van der Waals surface area contributed by atoms with Crippen molar-refractivity contribution < 1.29 is 33.4 Å². The van der Waals surface area contributed by atoms with Crippen molar-refractivity contribution in [2.24, 2.45) is 23.7 Å². The Labute approximate surface area is 347 Å². The van der Waals surface area contributed by atoms with E-state index in [-0.39, 0.29) is 53.7 Å². The van der Waals surface area contributed by atoms with Crippen molar-refractivity contribution in [2.45, 2.75) is 83.2 Å². The molecular weight excluding hydrogens is 765 g/mol. The first-order chi connectivity index (χ1) is 28.9. The van der Waals surface area contributed by atoms with Crippen LogP contribution >= 0.6 is 0 Å². The summed E-state index contributed by atoms with van der Waals surface area (Å²) in [7, 11) is 2.59. The Kier molecular flexibility index (Phi) is 9.99. The molecule has 60 heavy (non-hydrogen) atoms. The van der Waals surface area contributed by atoms with Crippen LogP contribution < -0.4 is 15.4 Å². The number of carbonyl (C=O) groups excluding carboxylic acids is 4. The molecule has 8 atom stereocenters. The highest BCUT2D eigenvalue weighted by atomic mass is 16.5. The fraction of sp³-hybridized carbons (Fsp3) is 0.422. The summed E-state index contributed by atoms with van der Waals surface area (Å²) in [5.41, 5.74) is 5.13. The fourth-order valence-corrected chi connectivity index (χ4v) is 9.22. The largest absolute Gasteiger partial charge is 0.457 e. The van der Waals surface area contributed by atoms with Gasteiger partial charge in [-0.2, -0.15) is 0 Å². The van der Waals surface area contributed by atoms with Gasteiger partial charge in [0.25, 0.3) is 0 Å². The lowest BCUT2D eigenvalue weighted by atomic mass is 9.89. The van der Waals surface area contributed by atoms with Crippen LogP contribution in [0.1, 0.15) is 70.7 Å². The van der Waals surface area contributed by atoms with Crippen molar-refractivity contribution in [3.8, 4) is 22.6 Å². The molecule has 8 unspecified atom stereocenters. The third-order valence-corrected chi connectivity index (χ3v) is 12.5. The number of nitrogens with zero attached hydrogens (tertiary/aromatic N) is 4. The Balaban J connectivity index is 0.918. The van der Waals surface area contributed by atoms with Gasteiger partial charge >= 0.3 is 12.2 Å². The minimum absolute atomic E-state index is 0.0505. The van der Waals surface area contributed by atoms with E-state index in [0.717, 1.165) is 52.5 Å². The number of methoxy groups -OCH3 is 2. The van der Waals surface area contributed by atoms with Crippen LogP contribution in [0.4, 0.5) is 9.59 Å². The average molecular weight is 815 g/mol. The number of aromatic amines is 2. The van der Waals surface area contributed by atoms with E-state index in [0.29, 0.717) is 29.1 Å². The van der Waals surface area contributed by atoms with Crippen LogP contribution in [-0.4, -0.2) is 92.1 Å². The predicted molar refractivity (Wildman–Crippen MR) is 223 cm³/mol. The number of aromatic nitrogens is 4. The molecule has 3 fully saturated rings. The quantitative estimate of drug-likeness (QED) is 0.101. The number of carbonyl (C=O) groups is 4. The standard InChI is InChI=1S/C45H50N8O7/c1-22(2)38(50-44(56)58-5)42(54)52-34-15-11-26(34)18-36(52)40-46-30-13-10-25(17-32(30)48-40)24-8-7-9-28(16-24)60-29-12-14-31-33(21-29)49-41(47-31)37-20-27-19-35(27)53(37)43(55)39(23(3)4)51-45(57)59-6/h7-17,21-23,26-27,34-39H,18-20H2,1-6H3,(H,46,48)(H,47,49)(H,50,56)(H,51,57).